The average Bonchev–Trinajstić information content (AvgIpc) is 2.80. The van der Waals surface area contributed by atoms with Crippen LogP contribution in [0, 0.1) is 5.82 Å². The summed E-state index contributed by atoms with van der Waals surface area (Å²) in [5.74, 6) is -0.936. The van der Waals surface area contributed by atoms with Crippen molar-refractivity contribution >= 4 is 5.97 Å². The van der Waals surface area contributed by atoms with Crippen LogP contribution in [0.1, 0.15) is 37.8 Å². The maximum Gasteiger partial charge on any atom is 0.333 e. The van der Waals surface area contributed by atoms with E-state index in [1.54, 1.807) is 13.0 Å². The molecule has 1 aliphatic carbocycles. The third-order valence-electron chi connectivity index (χ3n) is 4.29. The predicted octanol–water partition coefficient (Wildman–Crippen LogP) is 4.84. The fraction of sp³-hybridized carbons (Fsp3) is 0.250. The summed E-state index contributed by atoms with van der Waals surface area (Å²) >= 11 is 0. The Morgan fingerprint density at radius 1 is 1.13 bits per heavy atom. The van der Waals surface area contributed by atoms with E-state index in [-0.39, 0.29) is 11.7 Å². The van der Waals surface area contributed by atoms with Crippen LogP contribution >= 0.6 is 0 Å². The smallest absolute Gasteiger partial charge is 0.333 e. The highest BCUT2D eigenvalue weighted by molar-refractivity contribution is 5.87. The number of fused-ring (bicyclic) bond motifs is 3. The molecule has 2 aromatic rings. The van der Waals surface area contributed by atoms with E-state index in [4.69, 9.17) is 4.74 Å². The number of carbonyl (C=O) groups is 1. The molecule has 0 aromatic heterocycles. The van der Waals surface area contributed by atoms with Crippen molar-refractivity contribution in [3.63, 3.8) is 0 Å². The molecule has 0 saturated carbocycles. The molecule has 0 radical (unpaired) electrons. The molecular weight excluding hydrogens is 291 g/mol. The lowest BCUT2D eigenvalue weighted by molar-refractivity contribution is -0.152. The van der Waals surface area contributed by atoms with Gasteiger partial charge in [-0.3, -0.25) is 0 Å². The Balaban J connectivity index is 2.13. The van der Waals surface area contributed by atoms with Gasteiger partial charge in [0.1, 0.15) is 11.4 Å². The molecule has 0 N–H and O–H groups in total. The normalized spacial score (nSPS) is 15.7. The molecule has 23 heavy (non-hydrogen) atoms. The van der Waals surface area contributed by atoms with Gasteiger partial charge in [-0.05, 0) is 55.2 Å². The number of hydrogen-bond acceptors (Lipinski definition) is 2. The zero-order chi connectivity index (χ0) is 16.8. The summed E-state index contributed by atoms with van der Waals surface area (Å²) in [6.45, 7) is 8.97. The topological polar surface area (TPSA) is 26.3 Å². The van der Waals surface area contributed by atoms with Crippen molar-refractivity contribution < 1.29 is 13.9 Å². The van der Waals surface area contributed by atoms with Crippen molar-refractivity contribution in [2.45, 2.75) is 32.3 Å². The van der Waals surface area contributed by atoms with E-state index in [2.05, 4.69) is 6.58 Å². The van der Waals surface area contributed by atoms with Gasteiger partial charge in [-0.15, -0.1) is 0 Å². The van der Waals surface area contributed by atoms with Gasteiger partial charge in [0.15, 0.2) is 0 Å². The first-order valence-electron chi connectivity index (χ1n) is 7.59. The molecular formula is C20H19FO2. The maximum atomic E-state index is 13.8. The number of esters is 1. The van der Waals surface area contributed by atoms with E-state index in [1.165, 1.54) is 12.1 Å². The Labute approximate surface area is 135 Å². The SMILES string of the molecule is C=C(C)C(=O)OC(C)(C)C1c2ccccc2-c2ccc(F)cc21. The van der Waals surface area contributed by atoms with E-state index in [0.717, 1.165) is 22.3 Å². The van der Waals surface area contributed by atoms with Crippen LogP contribution < -0.4 is 0 Å². The van der Waals surface area contributed by atoms with Crippen molar-refractivity contribution in [2.24, 2.45) is 0 Å². The van der Waals surface area contributed by atoms with Crippen molar-refractivity contribution in [1.29, 1.82) is 0 Å². The molecule has 0 saturated heterocycles. The fourth-order valence-electron chi connectivity index (χ4n) is 3.31. The van der Waals surface area contributed by atoms with Gasteiger partial charge in [0, 0.05) is 11.5 Å². The summed E-state index contributed by atoms with van der Waals surface area (Å²) in [4.78, 5) is 12.0. The summed E-state index contributed by atoms with van der Waals surface area (Å²) in [7, 11) is 0. The van der Waals surface area contributed by atoms with Crippen LogP contribution in [0.5, 0.6) is 0 Å². The zero-order valence-electron chi connectivity index (χ0n) is 13.5. The molecule has 2 aromatic carbocycles. The van der Waals surface area contributed by atoms with Gasteiger partial charge < -0.3 is 4.74 Å². The highest BCUT2D eigenvalue weighted by Crippen LogP contribution is 2.50. The third-order valence-corrected chi connectivity index (χ3v) is 4.29. The van der Waals surface area contributed by atoms with Crippen LogP contribution in [0.25, 0.3) is 11.1 Å². The summed E-state index contributed by atoms with van der Waals surface area (Å²) in [5, 5.41) is 0. The lowest BCUT2D eigenvalue weighted by Gasteiger charge is -2.33. The minimum Gasteiger partial charge on any atom is -0.455 e. The number of carbonyl (C=O) groups excluding carboxylic acids is 1. The number of hydrogen-bond donors (Lipinski definition) is 0. The molecule has 0 bridgehead atoms. The first kappa shape index (κ1) is 15.5. The Hall–Kier alpha value is -2.42. The first-order chi connectivity index (χ1) is 10.8. The van der Waals surface area contributed by atoms with Crippen LogP contribution in [0.15, 0.2) is 54.6 Å². The van der Waals surface area contributed by atoms with E-state index in [0.29, 0.717) is 5.57 Å². The van der Waals surface area contributed by atoms with Crippen LogP contribution in [0.2, 0.25) is 0 Å². The zero-order valence-corrected chi connectivity index (χ0v) is 13.5. The summed E-state index contributed by atoms with van der Waals surface area (Å²) < 4.78 is 19.5. The summed E-state index contributed by atoms with van der Waals surface area (Å²) in [5.41, 5.74) is 3.49. The van der Waals surface area contributed by atoms with Gasteiger partial charge in [0.05, 0.1) is 0 Å². The molecule has 0 aliphatic heterocycles. The first-order valence-corrected chi connectivity index (χ1v) is 7.59. The Morgan fingerprint density at radius 3 is 2.48 bits per heavy atom. The summed E-state index contributed by atoms with van der Waals surface area (Å²) in [6.07, 6.45) is 0. The summed E-state index contributed by atoms with van der Waals surface area (Å²) in [6, 6.07) is 12.7. The Kier molecular flexibility index (Phi) is 3.59. The molecule has 3 heteroatoms. The van der Waals surface area contributed by atoms with Crippen LogP contribution in [-0.2, 0) is 9.53 Å². The number of ether oxygens (including phenoxy) is 1. The second-order valence-corrected chi connectivity index (χ2v) is 6.53. The van der Waals surface area contributed by atoms with Crippen molar-refractivity contribution in [1.82, 2.24) is 0 Å². The van der Waals surface area contributed by atoms with Crippen LogP contribution in [0.4, 0.5) is 4.39 Å². The molecule has 1 unspecified atom stereocenters. The van der Waals surface area contributed by atoms with Gasteiger partial charge in [-0.25, -0.2) is 9.18 Å². The largest absolute Gasteiger partial charge is 0.455 e. The number of halogens is 1. The molecule has 0 spiro atoms. The average molecular weight is 310 g/mol. The minimum absolute atomic E-state index is 0.215. The van der Waals surface area contributed by atoms with Crippen LogP contribution in [0.3, 0.4) is 0 Å². The molecule has 0 fully saturated rings. The quantitative estimate of drug-likeness (QED) is 0.599. The second-order valence-electron chi connectivity index (χ2n) is 6.53. The fourth-order valence-corrected chi connectivity index (χ4v) is 3.31. The molecule has 1 aliphatic rings. The number of rotatable bonds is 3. The van der Waals surface area contributed by atoms with Gasteiger partial charge in [-0.1, -0.05) is 36.9 Å². The molecule has 0 amide bonds. The standard InChI is InChI=1S/C20H19FO2/c1-12(2)19(22)23-20(3,4)18-16-8-6-5-7-14(16)15-10-9-13(21)11-17(15)18/h5-11,18H,1H2,2-4H3. The Morgan fingerprint density at radius 2 is 1.78 bits per heavy atom. The third kappa shape index (κ3) is 2.56. The van der Waals surface area contributed by atoms with Gasteiger partial charge in [-0.2, -0.15) is 0 Å². The van der Waals surface area contributed by atoms with Crippen LogP contribution in [-0.4, -0.2) is 11.6 Å². The molecule has 118 valence electrons. The van der Waals surface area contributed by atoms with E-state index >= 15 is 0 Å². The van der Waals surface area contributed by atoms with Crippen molar-refractivity contribution in [2.75, 3.05) is 0 Å². The van der Waals surface area contributed by atoms with Crippen molar-refractivity contribution in [3.05, 3.63) is 71.6 Å². The van der Waals surface area contributed by atoms with Gasteiger partial charge >= 0.3 is 5.97 Å². The predicted molar refractivity (Wildman–Crippen MR) is 88.7 cm³/mol. The maximum absolute atomic E-state index is 13.8. The molecule has 2 nitrogen and oxygen atoms in total. The highest BCUT2D eigenvalue weighted by Gasteiger charge is 2.42. The lowest BCUT2D eigenvalue weighted by atomic mass is 9.82. The monoisotopic (exact) mass is 310 g/mol. The Bertz CT molecular complexity index is 805. The second kappa shape index (κ2) is 5.34. The highest BCUT2D eigenvalue weighted by atomic mass is 19.1. The van der Waals surface area contributed by atoms with E-state index in [1.807, 2.05) is 38.1 Å². The van der Waals surface area contributed by atoms with Gasteiger partial charge in [0.25, 0.3) is 0 Å². The lowest BCUT2D eigenvalue weighted by Crippen LogP contribution is -2.35. The number of benzene rings is 2. The molecule has 3 rings (SSSR count). The minimum atomic E-state index is -0.814. The van der Waals surface area contributed by atoms with Crippen molar-refractivity contribution in [3.8, 4) is 11.1 Å². The van der Waals surface area contributed by atoms with E-state index < -0.39 is 11.6 Å². The molecule has 1 atom stereocenters. The van der Waals surface area contributed by atoms with E-state index in [9.17, 15) is 9.18 Å². The molecule has 0 heterocycles. The van der Waals surface area contributed by atoms with Gasteiger partial charge in [0.2, 0.25) is 0 Å².